The summed E-state index contributed by atoms with van der Waals surface area (Å²) in [6.07, 6.45) is 0.698. The molecule has 1 heterocycles. The quantitative estimate of drug-likeness (QED) is 0.626. The molecular weight excluding hydrogens is 196 g/mol. The summed E-state index contributed by atoms with van der Waals surface area (Å²) < 4.78 is 10.2. The summed E-state index contributed by atoms with van der Waals surface area (Å²) in [6, 6.07) is 0. The molecule has 0 aromatic heterocycles. The molecular formula is C10H20N2O3. The van der Waals surface area contributed by atoms with E-state index in [2.05, 4.69) is 15.0 Å². The third kappa shape index (κ3) is 4.59. The van der Waals surface area contributed by atoms with E-state index in [4.69, 9.17) is 4.74 Å². The first-order valence-corrected chi connectivity index (χ1v) is 5.31. The summed E-state index contributed by atoms with van der Waals surface area (Å²) in [6.45, 7) is 4.15. The van der Waals surface area contributed by atoms with Crippen LogP contribution in [0.25, 0.3) is 0 Å². The van der Waals surface area contributed by atoms with Crippen LogP contribution in [0.3, 0.4) is 0 Å². The van der Waals surface area contributed by atoms with Gasteiger partial charge < -0.3 is 14.8 Å². The SMILES string of the molecule is CNCC1CN(CCC(=O)OC)CCO1. The molecule has 1 rings (SSSR count). The van der Waals surface area contributed by atoms with E-state index in [0.29, 0.717) is 6.42 Å². The van der Waals surface area contributed by atoms with Gasteiger partial charge in [-0.2, -0.15) is 0 Å². The van der Waals surface area contributed by atoms with Crippen LogP contribution < -0.4 is 5.32 Å². The molecule has 1 N–H and O–H groups in total. The van der Waals surface area contributed by atoms with Gasteiger partial charge in [0.05, 0.1) is 26.2 Å². The molecule has 0 amide bonds. The molecule has 1 atom stereocenters. The van der Waals surface area contributed by atoms with E-state index < -0.39 is 0 Å². The second-order valence-corrected chi connectivity index (χ2v) is 3.68. The van der Waals surface area contributed by atoms with Gasteiger partial charge in [-0.15, -0.1) is 0 Å². The Morgan fingerprint density at radius 1 is 1.67 bits per heavy atom. The standard InChI is InChI=1S/C10H20N2O3/c1-11-7-9-8-12(5-6-15-9)4-3-10(13)14-2/h9,11H,3-8H2,1-2H3. The number of ether oxygens (including phenoxy) is 2. The van der Waals surface area contributed by atoms with Gasteiger partial charge in [0, 0.05) is 26.2 Å². The number of carbonyl (C=O) groups excluding carboxylic acids is 1. The molecule has 15 heavy (non-hydrogen) atoms. The van der Waals surface area contributed by atoms with Crippen molar-refractivity contribution in [3.05, 3.63) is 0 Å². The Hall–Kier alpha value is -0.650. The predicted molar refractivity (Wildman–Crippen MR) is 56.7 cm³/mol. The van der Waals surface area contributed by atoms with Crippen molar-refractivity contribution in [2.24, 2.45) is 0 Å². The third-order valence-corrected chi connectivity index (χ3v) is 2.51. The highest BCUT2D eigenvalue weighted by atomic mass is 16.5. The lowest BCUT2D eigenvalue weighted by atomic mass is 10.2. The number of carbonyl (C=O) groups is 1. The van der Waals surface area contributed by atoms with E-state index in [0.717, 1.165) is 32.8 Å². The average molecular weight is 216 g/mol. The Morgan fingerprint density at radius 3 is 3.13 bits per heavy atom. The minimum atomic E-state index is -0.147. The maximum Gasteiger partial charge on any atom is 0.306 e. The molecule has 88 valence electrons. The second-order valence-electron chi connectivity index (χ2n) is 3.68. The zero-order valence-electron chi connectivity index (χ0n) is 9.49. The zero-order chi connectivity index (χ0) is 11.1. The fourth-order valence-electron chi connectivity index (χ4n) is 1.69. The molecule has 1 fully saturated rings. The number of rotatable bonds is 5. The number of morpholine rings is 1. The van der Waals surface area contributed by atoms with Crippen molar-refractivity contribution in [3.8, 4) is 0 Å². The molecule has 0 aromatic carbocycles. The Kier molecular flexibility index (Phi) is 5.60. The average Bonchev–Trinajstić information content (AvgIpc) is 2.27. The van der Waals surface area contributed by atoms with Crippen molar-refractivity contribution in [2.45, 2.75) is 12.5 Å². The van der Waals surface area contributed by atoms with Crippen LogP contribution in [0.1, 0.15) is 6.42 Å². The Labute approximate surface area is 90.7 Å². The van der Waals surface area contributed by atoms with E-state index in [1.165, 1.54) is 7.11 Å². The van der Waals surface area contributed by atoms with Crippen LogP contribution in [0, 0.1) is 0 Å². The van der Waals surface area contributed by atoms with Crippen LogP contribution in [0.5, 0.6) is 0 Å². The van der Waals surface area contributed by atoms with Crippen LogP contribution >= 0.6 is 0 Å². The van der Waals surface area contributed by atoms with Gasteiger partial charge in [0.25, 0.3) is 0 Å². The van der Waals surface area contributed by atoms with E-state index in [-0.39, 0.29) is 12.1 Å². The lowest BCUT2D eigenvalue weighted by Crippen LogP contribution is -2.46. The second kappa shape index (κ2) is 6.76. The van der Waals surface area contributed by atoms with Crippen molar-refractivity contribution >= 4 is 5.97 Å². The van der Waals surface area contributed by atoms with Gasteiger partial charge in [-0.3, -0.25) is 9.69 Å². The molecule has 0 aliphatic carbocycles. The maximum atomic E-state index is 11.0. The fraction of sp³-hybridized carbons (Fsp3) is 0.900. The number of hydrogen-bond acceptors (Lipinski definition) is 5. The van der Waals surface area contributed by atoms with Gasteiger partial charge in [-0.05, 0) is 7.05 Å². The first-order valence-electron chi connectivity index (χ1n) is 5.31. The third-order valence-electron chi connectivity index (χ3n) is 2.51. The van der Waals surface area contributed by atoms with Crippen molar-refractivity contribution in [1.29, 1.82) is 0 Å². The molecule has 1 saturated heterocycles. The number of nitrogens with one attached hydrogen (secondary N) is 1. The summed E-state index contributed by atoms with van der Waals surface area (Å²) in [5, 5.41) is 3.09. The first kappa shape index (κ1) is 12.4. The highest BCUT2D eigenvalue weighted by molar-refractivity contribution is 5.69. The summed E-state index contributed by atoms with van der Waals surface area (Å²) in [5.41, 5.74) is 0. The normalized spacial score (nSPS) is 22.7. The molecule has 0 saturated carbocycles. The summed E-state index contributed by atoms with van der Waals surface area (Å²) >= 11 is 0. The molecule has 0 bridgehead atoms. The zero-order valence-corrected chi connectivity index (χ0v) is 9.49. The van der Waals surface area contributed by atoms with Crippen LogP contribution in [0.15, 0.2) is 0 Å². The molecule has 5 heteroatoms. The Bertz CT molecular complexity index is 197. The van der Waals surface area contributed by atoms with Crippen LogP contribution in [-0.2, 0) is 14.3 Å². The summed E-state index contributed by atoms with van der Waals surface area (Å²) in [5.74, 6) is -0.147. The topological polar surface area (TPSA) is 50.8 Å². The largest absolute Gasteiger partial charge is 0.469 e. The van der Waals surface area contributed by atoms with Crippen LogP contribution in [0.4, 0.5) is 0 Å². The highest BCUT2D eigenvalue weighted by Crippen LogP contribution is 2.05. The smallest absolute Gasteiger partial charge is 0.306 e. The molecule has 5 nitrogen and oxygen atoms in total. The van der Waals surface area contributed by atoms with Crippen LogP contribution in [-0.4, -0.2) is 63.9 Å². The Balaban J connectivity index is 2.21. The van der Waals surface area contributed by atoms with Gasteiger partial charge in [-0.1, -0.05) is 0 Å². The monoisotopic (exact) mass is 216 g/mol. The summed E-state index contributed by atoms with van der Waals surface area (Å²) in [7, 11) is 3.34. The van der Waals surface area contributed by atoms with Gasteiger partial charge in [-0.25, -0.2) is 0 Å². The number of methoxy groups -OCH3 is 1. The maximum absolute atomic E-state index is 11.0. The van der Waals surface area contributed by atoms with Gasteiger partial charge in [0.15, 0.2) is 0 Å². The van der Waals surface area contributed by atoms with E-state index in [1.54, 1.807) is 0 Å². The predicted octanol–water partition coefficient (Wildman–Crippen LogP) is -0.530. The highest BCUT2D eigenvalue weighted by Gasteiger charge is 2.19. The number of esters is 1. The Morgan fingerprint density at radius 2 is 2.47 bits per heavy atom. The first-order chi connectivity index (χ1) is 7.26. The van der Waals surface area contributed by atoms with E-state index >= 15 is 0 Å². The minimum Gasteiger partial charge on any atom is -0.469 e. The van der Waals surface area contributed by atoms with Gasteiger partial charge in [0.2, 0.25) is 0 Å². The fourth-order valence-corrected chi connectivity index (χ4v) is 1.69. The van der Waals surface area contributed by atoms with Crippen molar-refractivity contribution in [1.82, 2.24) is 10.2 Å². The van der Waals surface area contributed by atoms with Crippen molar-refractivity contribution in [2.75, 3.05) is 46.9 Å². The number of hydrogen-bond donors (Lipinski definition) is 1. The van der Waals surface area contributed by atoms with Gasteiger partial charge in [0.1, 0.15) is 0 Å². The lowest BCUT2D eigenvalue weighted by Gasteiger charge is -2.32. The summed E-state index contributed by atoms with van der Waals surface area (Å²) in [4.78, 5) is 13.2. The van der Waals surface area contributed by atoms with E-state index in [9.17, 15) is 4.79 Å². The minimum absolute atomic E-state index is 0.147. The molecule has 0 spiro atoms. The van der Waals surface area contributed by atoms with Crippen LogP contribution in [0.2, 0.25) is 0 Å². The van der Waals surface area contributed by atoms with Crippen molar-refractivity contribution in [3.63, 3.8) is 0 Å². The van der Waals surface area contributed by atoms with Gasteiger partial charge >= 0.3 is 5.97 Å². The molecule has 0 aromatic rings. The number of nitrogens with zero attached hydrogens (tertiary/aromatic N) is 1. The van der Waals surface area contributed by atoms with E-state index in [1.807, 2.05) is 7.05 Å². The molecule has 1 unspecified atom stereocenters. The van der Waals surface area contributed by atoms with Crippen molar-refractivity contribution < 1.29 is 14.3 Å². The molecule has 0 radical (unpaired) electrons. The number of likely N-dealkylation sites (N-methyl/N-ethyl adjacent to an activating group) is 1. The molecule has 1 aliphatic heterocycles. The lowest BCUT2D eigenvalue weighted by molar-refractivity contribution is -0.141. The molecule has 1 aliphatic rings.